The van der Waals surface area contributed by atoms with Gasteiger partial charge < -0.3 is 4.90 Å². The van der Waals surface area contributed by atoms with Gasteiger partial charge in [-0.3, -0.25) is 0 Å². The van der Waals surface area contributed by atoms with E-state index in [-0.39, 0.29) is 0 Å². The summed E-state index contributed by atoms with van der Waals surface area (Å²) in [6.45, 7) is 5.88. The van der Waals surface area contributed by atoms with E-state index in [2.05, 4.69) is 25.6 Å². The third-order valence-corrected chi connectivity index (χ3v) is 2.63. The molecule has 0 N–H and O–H groups in total. The number of rotatable bonds is 1. The molecule has 1 aliphatic heterocycles. The van der Waals surface area contributed by atoms with E-state index >= 15 is 0 Å². The summed E-state index contributed by atoms with van der Waals surface area (Å²) < 4.78 is 0. The minimum atomic E-state index is 0.347. The number of fused-ring (bicyclic) bond motifs is 1. The van der Waals surface area contributed by atoms with E-state index in [1.165, 1.54) is 5.56 Å². The summed E-state index contributed by atoms with van der Waals surface area (Å²) in [4.78, 5) is 2.01. The van der Waals surface area contributed by atoms with Gasteiger partial charge in [0.2, 0.25) is 0 Å². The summed E-state index contributed by atoms with van der Waals surface area (Å²) in [6.07, 6.45) is 0.997. The molecule has 14 heavy (non-hydrogen) atoms. The number of hydrogen-bond donors (Lipinski definition) is 0. The molecule has 0 spiro atoms. The van der Waals surface area contributed by atoms with Crippen LogP contribution in [0.3, 0.4) is 0 Å². The van der Waals surface area contributed by atoms with Crippen molar-refractivity contribution < 1.29 is 0 Å². The largest absolute Gasteiger partial charge is 0.330 e. The Balaban J connectivity index is 2.45. The van der Waals surface area contributed by atoms with Crippen molar-refractivity contribution in [3.05, 3.63) is 42.1 Å². The molecule has 1 heterocycles. The minimum Gasteiger partial charge on any atom is -0.330 e. The van der Waals surface area contributed by atoms with Crippen molar-refractivity contribution >= 4 is 5.69 Å². The molecule has 0 saturated heterocycles. The lowest BCUT2D eigenvalue weighted by molar-refractivity contribution is 0.742. The van der Waals surface area contributed by atoms with Crippen molar-refractivity contribution in [2.45, 2.75) is 19.4 Å². The van der Waals surface area contributed by atoms with Crippen molar-refractivity contribution in [1.29, 1.82) is 5.26 Å². The van der Waals surface area contributed by atoms with E-state index in [1.54, 1.807) is 0 Å². The highest BCUT2D eigenvalue weighted by Crippen LogP contribution is 2.33. The molecule has 2 nitrogen and oxygen atoms in total. The quantitative estimate of drug-likeness (QED) is 0.627. The van der Waals surface area contributed by atoms with Gasteiger partial charge in [0.05, 0.1) is 0 Å². The fourth-order valence-electron chi connectivity index (χ4n) is 2.03. The van der Waals surface area contributed by atoms with Gasteiger partial charge in [-0.15, -0.1) is 0 Å². The number of hydrogen-bond acceptors (Lipinski definition) is 2. The van der Waals surface area contributed by atoms with Crippen LogP contribution in [0.25, 0.3) is 0 Å². The van der Waals surface area contributed by atoms with E-state index in [0.717, 1.165) is 12.1 Å². The molecule has 0 fully saturated rings. The van der Waals surface area contributed by atoms with Gasteiger partial charge in [0, 0.05) is 11.7 Å². The molecule has 1 aliphatic rings. The maximum atomic E-state index is 8.85. The van der Waals surface area contributed by atoms with Crippen LogP contribution in [-0.4, -0.2) is 6.04 Å². The average Bonchev–Trinajstić information content (AvgIpc) is 2.53. The zero-order valence-corrected chi connectivity index (χ0v) is 8.20. The van der Waals surface area contributed by atoms with Gasteiger partial charge in [0.15, 0.2) is 0 Å². The van der Waals surface area contributed by atoms with Crippen LogP contribution >= 0.6 is 0 Å². The first-order valence-electron chi connectivity index (χ1n) is 4.70. The second-order valence-electron chi connectivity index (χ2n) is 3.61. The van der Waals surface area contributed by atoms with Crippen LogP contribution in [0.15, 0.2) is 36.5 Å². The number of nitriles is 1. The van der Waals surface area contributed by atoms with E-state index in [0.29, 0.717) is 11.7 Å². The van der Waals surface area contributed by atoms with Gasteiger partial charge in [0.25, 0.3) is 0 Å². The van der Waals surface area contributed by atoms with E-state index < -0.39 is 0 Å². The SMILES string of the molecule is C=C(C#N)N1c2ccccc2CC1C. The fourth-order valence-corrected chi connectivity index (χ4v) is 2.03. The molecule has 1 unspecified atom stereocenters. The third-order valence-electron chi connectivity index (χ3n) is 2.63. The van der Waals surface area contributed by atoms with Crippen LogP contribution in [0.2, 0.25) is 0 Å². The van der Waals surface area contributed by atoms with E-state index in [9.17, 15) is 0 Å². The van der Waals surface area contributed by atoms with Crippen LogP contribution in [-0.2, 0) is 6.42 Å². The van der Waals surface area contributed by atoms with Gasteiger partial charge in [-0.05, 0) is 25.0 Å². The minimum absolute atomic E-state index is 0.347. The molecule has 0 saturated carbocycles. The highest BCUT2D eigenvalue weighted by Gasteiger charge is 2.26. The van der Waals surface area contributed by atoms with Gasteiger partial charge >= 0.3 is 0 Å². The van der Waals surface area contributed by atoms with Crippen LogP contribution in [0.4, 0.5) is 5.69 Å². The lowest BCUT2D eigenvalue weighted by Gasteiger charge is -2.22. The van der Waals surface area contributed by atoms with Crippen molar-refractivity contribution in [2.75, 3.05) is 4.90 Å². The molecule has 0 aromatic heterocycles. The summed E-state index contributed by atoms with van der Waals surface area (Å²) in [5.74, 6) is 0. The molecule has 1 aromatic rings. The predicted octanol–water partition coefficient (Wildman–Crippen LogP) is 2.47. The first kappa shape index (κ1) is 8.83. The topological polar surface area (TPSA) is 27.0 Å². The van der Waals surface area contributed by atoms with Gasteiger partial charge in [-0.1, -0.05) is 24.8 Å². The maximum absolute atomic E-state index is 8.85. The molecule has 2 rings (SSSR count). The average molecular weight is 184 g/mol. The standard InChI is InChI=1S/C12H12N2/c1-9-7-11-5-3-4-6-12(11)14(9)10(2)8-13/h3-6,9H,2,7H2,1H3. The number of para-hydroxylation sites is 1. The Morgan fingerprint density at radius 1 is 1.57 bits per heavy atom. The molecule has 70 valence electrons. The number of benzene rings is 1. The Morgan fingerprint density at radius 2 is 2.29 bits per heavy atom. The normalized spacial score (nSPS) is 18.9. The second-order valence-corrected chi connectivity index (χ2v) is 3.61. The monoisotopic (exact) mass is 184 g/mol. The molecular weight excluding hydrogens is 172 g/mol. The summed E-state index contributed by atoms with van der Waals surface area (Å²) >= 11 is 0. The number of allylic oxidation sites excluding steroid dienone is 1. The van der Waals surface area contributed by atoms with Crippen LogP contribution in [0.5, 0.6) is 0 Å². The molecule has 0 bridgehead atoms. The molecule has 1 aromatic carbocycles. The van der Waals surface area contributed by atoms with Crippen molar-refractivity contribution in [3.8, 4) is 6.07 Å². The van der Waals surface area contributed by atoms with Crippen molar-refractivity contribution in [1.82, 2.24) is 0 Å². The highest BCUT2D eigenvalue weighted by atomic mass is 15.2. The third kappa shape index (κ3) is 1.18. The first-order chi connectivity index (χ1) is 6.74. The molecule has 0 amide bonds. The highest BCUT2D eigenvalue weighted by molar-refractivity contribution is 5.64. The fraction of sp³-hybridized carbons (Fsp3) is 0.250. The Hall–Kier alpha value is -1.75. The molecule has 2 heteroatoms. The van der Waals surface area contributed by atoms with Crippen LogP contribution in [0, 0.1) is 11.3 Å². The number of nitrogens with zero attached hydrogens (tertiary/aromatic N) is 2. The first-order valence-corrected chi connectivity index (χ1v) is 4.70. The lowest BCUT2D eigenvalue weighted by Crippen LogP contribution is -2.27. The molecule has 1 atom stereocenters. The smallest absolute Gasteiger partial charge is 0.117 e. The van der Waals surface area contributed by atoms with Crippen molar-refractivity contribution in [2.24, 2.45) is 0 Å². The second kappa shape index (κ2) is 3.19. The summed E-state index contributed by atoms with van der Waals surface area (Å²) in [5.41, 5.74) is 2.96. The molecular formula is C12H12N2. The van der Waals surface area contributed by atoms with Crippen molar-refractivity contribution in [3.63, 3.8) is 0 Å². The Bertz CT molecular complexity index is 415. The summed E-state index contributed by atoms with van der Waals surface area (Å²) in [5, 5.41) is 8.85. The van der Waals surface area contributed by atoms with Gasteiger partial charge in [-0.2, -0.15) is 5.26 Å². The maximum Gasteiger partial charge on any atom is 0.117 e. The zero-order valence-electron chi connectivity index (χ0n) is 8.20. The van der Waals surface area contributed by atoms with E-state index in [4.69, 9.17) is 5.26 Å². The van der Waals surface area contributed by atoms with Crippen LogP contribution in [0.1, 0.15) is 12.5 Å². The molecule has 0 aliphatic carbocycles. The Kier molecular flexibility index (Phi) is 2.01. The zero-order chi connectivity index (χ0) is 10.1. The van der Waals surface area contributed by atoms with Gasteiger partial charge in [0.1, 0.15) is 11.8 Å². The van der Waals surface area contributed by atoms with Gasteiger partial charge in [-0.25, -0.2) is 0 Å². The predicted molar refractivity (Wildman–Crippen MR) is 56.8 cm³/mol. The Labute approximate surface area is 84.1 Å². The summed E-state index contributed by atoms with van der Waals surface area (Å²) in [7, 11) is 0. The molecule has 0 radical (unpaired) electrons. The number of anilines is 1. The van der Waals surface area contributed by atoms with Crippen LogP contribution < -0.4 is 4.90 Å². The lowest BCUT2D eigenvalue weighted by atomic mass is 10.1. The Morgan fingerprint density at radius 3 is 3.00 bits per heavy atom. The van der Waals surface area contributed by atoms with E-state index in [1.807, 2.05) is 23.1 Å². The summed E-state index contributed by atoms with van der Waals surface area (Å²) in [6, 6.07) is 10.6.